The molecule has 0 bridgehead atoms. The zero-order chi connectivity index (χ0) is 6.85. The van der Waals surface area contributed by atoms with Gasteiger partial charge in [0.25, 0.3) is 0 Å². The van der Waals surface area contributed by atoms with E-state index >= 15 is 0 Å². The molecule has 9 heavy (non-hydrogen) atoms. The van der Waals surface area contributed by atoms with Crippen molar-refractivity contribution in [1.29, 1.82) is 0 Å². The van der Waals surface area contributed by atoms with Crippen LogP contribution in [0.1, 0.15) is 20.8 Å². The highest BCUT2D eigenvalue weighted by Gasteiger charge is 2.08. The molecule has 0 saturated carbocycles. The van der Waals surface area contributed by atoms with Gasteiger partial charge in [0.15, 0.2) is 0 Å². The Morgan fingerprint density at radius 3 is 2.33 bits per heavy atom. The van der Waals surface area contributed by atoms with Gasteiger partial charge in [0.1, 0.15) is 0 Å². The first-order chi connectivity index (χ1) is 4.20. The summed E-state index contributed by atoms with van der Waals surface area (Å²) in [6.07, 6.45) is 6.80. The van der Waals surface area contributed by atoms with Crippen molar-refractivity contribution in [2.75, 3.05) is 0 Å². The lowest BCUT2D eigenvalue weighted by Crippen LogP contribution is -2.05. The van der Waals surface area contributed by atoms with Crippen LogP contribution in [0.4, 0.5) is 0 Å². The van der Waals surface area contributed by atoms with Crippen LogP contribution in [-0.4, -0.2) is 0 Å². The maximum atomic E-state index is 2.32. The van der Waals surface area contributed by atoms with Crippen LogP contribution in [0, 0.1) is 11.8 Å². The molecule has 0 amide bonds. The molecule has 0 aromatic heterocycles. The second-order valence-corrected chi connectivity index (χ2v) is 2.99. The van der Waals surface area contributed by atoms with Gasteiger partial charge in [0.2, 0.25) is 0 Å². The molecule has 0 heteroatoms. The average Bonchev–Trinajstić information content (AvgIpc) is 1.80. The average molecular weight is 122 g/mol. The van der Waals surface area contributed by atoms with E-state index in [0.717, 1.165) is 11.8 Å². The van der Waals surface area contributed by atoms with E-state index in [1.807, 2.05) is 0 Å². The maximum absolute atomic E-state index is 2.32. The van der Waals surface area contributed by atoms with Crippen molar-refractivity contribution < 1.29 is 0 Å². The molecule has 0 heterocycles. The molecule has 1 aliphatic rings. The van der Waals surface area contributed by atoms with Crippen LogP contribution in [-0.2, 0) is 0 Å². The fourth-order valence-electron chi connectivity index (χ4n) is 1.10. The molecule has 0 spiro atoms. The molecule has 0 aromatic rings. The lowest BCUT2D eigenvalue weighted by atomic mass is 9.89. The van der Waals surface area contributed by atoms with Crippen LogP contribution in [0.25, 0.3) is 0 Å². The van der Waals surface area contributed by atoms with Gasteiger partial charge in [-0.1, -0.05) is 37.6 Å². The fraction of sp³-hybridized carbons (Fsp3) is 0.556. The van der Waals surface area contributed by atoms with Gasteiger partial charge in [-0.15, -0.1) is 0 Å². The summed E-state index contributed by atoms with van der Waals surface area (Å²) in [5.74, 6) is 1.46. The molecule has 0 N–H and O–H groups in total. The normalized spacial score (nSPS) is 34.3. The molecule has 0 saturated heterocycles. The molecular weight excluding hydrogens is 108 g/mol. The summed E-state index contributed by atoms with van der Waals surface area (Å²) in [5, 5.41) is 0. The third-order valence-electron chi connectivity index (χ3n) is 2.02. The topological polar surface area (TPSA) is 0 Å². The van der Waals surface area contributed by atoms with Crippen LogP contribution in [0.3, 0.4) is 0 Å². The molecule has 0 radical (unpaired) electrons. The summed E-state index contributed by atoms with van der Waals surface area (Å²) < 4.78 is 0. The van der Waals surface area contributed by atoms with E-state index in [4.69, 9.17) is 0 Å². The van der Waals surface area contributed by atoms with Crippen molar-refractivity contribution in [3.8, 4) is 0 Å². The second kappa shape index (κ2) is 2.38. The Balaban J connectivity index is 2.70. The first-order valence-corrected chi connectivity index (χ1v) is 3.57. The molecule has 1 rings (SSSR count). The van der Waals surface area contributed by atoms with E-state index in [9.17, 15) is 0 Å². The van der Waals surface area contributed by atoms with Gasteiger partial charge >= 0.3 is 0 Å². The van der Waals surface area contributed by atoms with Gasteiger partial charge in [0.05, 0.1) is 0 Å². The summed E-state index contributed by atoms with van der Waals surface area (Å²) in [7, 11) is 0. The Morgan fingerprint density at radius 2 is 1.89 bits per heavy atom. The highest BCUT2D eigenvalue weighted by molar-refractivity contribution is 5.22. The number of hydrogen-bond donors (Lipinski definition) is 0. The van der Waals surface area contributed by atoms with Gasteiger partial charge in [-0.2, -0.15) is 0 Å². The Kier molecular flexibility index (Phi) is 1.75. The zero-order valence-corrected chi connectivity index (χ0v) is 6.39. The van der Waals surface area contributed by atoms with E-state index in [1.54, 1.807) is 0 Å². The third kappa shape index (κ3) is 1.44. The second-order valence-electron chi connectivity index (χ2n) is 2.99. The van der Waals surface area contributed by atoms with Crippen molar-refractivity contribution in [2.45, 2.75) is 20.8 Å². The fourth-order valence-corrected chi connectivity index (χ4v) is 1.10. The number of allylic oxidation sites excluding steroid dienone is 4. The van der Waals surface area contributed by atoms with E-state index in [-0.39, 0.29) is 0 Å². The highest BCUT2D eigenvalue weighted by Crippen LogP contribution is 2.20. The van der Waals surface area contributed by atoms with Crippen LogP contribution in [0.5, 0.6) is 0 Å². The van der Waals surface area contributed by atoms with E-state index in [0.29, 0.717) is 0 Å². The summed E-state index contributed by atoms with van der Waals surface area (Å²) >= 11 is 0. The molecule has 2 atom stereocenters. The van der Waals surface area contributed by atoms with Crippen molar-refractivity contribution >= 4 is 0 Å². The van der Waals surface area contributed by atoms with Gasteiger partial charge in [-0.25, -0.2) is 0 Å². The summed E-state index contributed by atoms with van der Waals surface area (Å²) in [6.45, 7) is 6.67. The van der Waals surface area contributed by atoms with Gasteiger partial charge in [0, 0.05) is 0 Å². The quantitative estimate of drug-likeness (QED) is 0.463. The first-order valence-electron chi connectivity index (χ1n) is 3.57. The maximum Gasteiger partial charge on any atom is -0.0196 e. The van der Waals surface area contributed by atoms with Crippen LogP contribution in [0.15, 0.2) is 23.8 Å². The summed E-state index contributed by atoms with van der Waals surface area (Å²) in [6, 6.07) is 0. The van der Waals surface area contributed by atoms with Crippen LogP contribution < -0.4 is 0 Å². The first kappa shape index (κ1) is 6.60. The highest BCUT2D eigenvalue weighted by atomic mass is 14.1. The minimum absolute atomic E-state index is 0.730. The molecule has 0 nitrogen and oxygen atoms in total. The monoisotopic (exact) mass is 122 g/mol. The molecule has 0 fully saturated rings. The summed E-state index contributed by atoms with van der Waals surface area (Å²) in [4.78, 5) is 0. The SMILES string of the molecule is CC1=CC(C)C(C)C=C1. The largest absolute Gasteiger partial charge is 0.0809 e. The minimum atomic E-state index is 0.730. The van der Waals surface area contributed by atoms with E-state index in [1.165, 1.54) is 5.57 Å². The smallest absolute Gasteiger partial charge is 0.0196 e. The predicted molar refractivity (Wildman–Crippen MR) is 41.2 cm³/mol. The molecule has 1 aliphatic carbocycles. The Hall–Kier alpha value is -0.520. The van der Waals surface area contributed by atoms with Gasteiger partial charge in [-0.05, 0) is 18.8 Å². The third-order valence-corrected chi connectivity index (χ3v) is 2.02. The molecule has 0 aromatic carbocycles. The Morgan fingerprint density at radius 1 is 1.22 bits per heavy atom. The van der Waals surface area contributed by atoms with Crippen LogP contribution >= 0.6 is 0 Å². The van der Waals surface area contributed by atoms with Crippen molar-refractivity contribution in [1.82, 2.24) is 0 Å². The zero-order valence-electron chi connectivity index (χ0n) is 6.39. The number of rotatable bonds is 0. The lowest BCUT2D eigenvalue weighted by molar-refractivity contribution is 0.548. The Labute approximate surface area is 57.3 Å². The van der Waals surface area contributed by atoms with Crippen molar-refractivity contribution in [3.05, 3.63) is 23.8 Å². The predicted octanol–water partition coefficient (Wildman–Crippen LogP) is 2.77. The molecule has 2 unspecified atom stereocenters. The van der Waals surface area contributed by atoms with Gasteiger partial charge < -0.3 is 0 Å². The van der Waals surface area contributed by atoms with Crippen molar-refractivity contribution in [3.63, 3.8) is 0 Å². The lowest BCUT2D eigenvalue weighted by Gasteiger charge is -2.16. The van der Waals surface area contributed by atoms with Gasteiger partial charge in [-0.3, -0.25) is 0 Å². The van der Waals surface area contributed by atoms with E-state index in [2.05, 4.69) is 39.0 Å². The molecular formula is C9H14. The standard InChI is InChI=1S/C9H14/c1-7-4-5-8(2)9(3)6-7/h4-6,8-9H,1-3H3. The molecule has 0 aliphatic heterocycles. The van der Waals surface area contributed by atoms with Crippen LogP contribution in [0.2, 0.25) is 0 Å². The number of hydrogen-bond acceptors (Lipinski definition) is 0. The summed E-state index contributed by atoms with van der Waals surface area (Å²) in [5.41, 5.74) is 1.40. The van der Waals surface area contributed by atoms with E-state index < -0.39 is 0 Å². The molecule has 50 valence electrons. The minimum Gasteiger partial charge on any atom is -0.0809 e. The van der Waals surface area contributed by atoms with Crippen molar-refractivity contribution in [2.24, 2.45) is 11.8 Å². The Bertz CT molecular complexity index is 151.